The molecule has 0 fully saturated rings. The molecule has 1 aromatic rings. The maximum absolute atomic E-state index is 11.0. The summed E-state index contributed by atoms with van der Waals surface area (Å²) >= 11 is 0. The third-order valence-electron chi connectivity index (χ3n) is 3.25. The van der Waals surface area contributed by atoms with Crippen LogP contribution in [0.1, 0.15) is 18.9 Å². The summed E-state index contributed by atoms with van der Waals surface area (Å²) in [5, 5.41) is 3.46. The van der Waals surface area contributed by atoms with Crippen LogP contribution in [0.2, 0.25) is 0 Å². The zero-order valence-electron chi connectivity index (χ0n) is 11.0. The fraction of sp³-hybridized carbons (Fsp3) is 0.571. The fourth-order valence-corrected chi connectivity index (χ4v) is 2.83. The quantitative estimate of drug-likeness (QED) is 0.853. The predicted molar refractivity (Wildman–Crippen MR) is 75.6 cm³/mol. The lowest BCUT2D eigenvalue weighted by atomic mass is 10.1. The first-order chi connectivity index (χ1) is 8.65. The zero-order chi connectivity index (χ0) is 13.0. The Balaban J connectivity index is 1.72. The van der Waals surface area contributed by atoms with E-state index in [0.29, 0.717) is 6.04 Å². The molecule has 0 aliphatic carbocycles. The maximum Gasteiger partial charge on any atom is 0.123 e. The number of nitrogens with one attached hydrogen (secondary N) is 1. The molecular weight excluding hydrogens is 246 g/mol. The molecule has 3 atom stereocenters. The van der Waals surface area contributed by atoms with E-state index in [1.54, 1.807) is 6.26 Å². The minimum atomic E-state index is -0.695. The SMILES string of the molecule is CC(CCS(C)=O)NCC1Cc2ccccc2O1. The number of para-hydroxylation sites is 1. The molecule has 3 nitrogen and oxygen atoms in total. The van der Waals surface area contributed by atoms with Crippen LogP contribution in [-0.4, -0.2) is 34.9 Å². The van der Waals surface area contributed by atoms with Gasteiger partial charge in [-0.1, -0.05) is 18.2 Å². The third kappa shape index (κ3) is 3.82. The Morgan fingerprint density at radius 2 is 2.28 bits per heavy atom. The van der Waals surface area contributed by atoms with Crippen LogP contribution in [0.4, 0.5) is 0 Å². The van der Waals surface area contributed by atoms with Gasteiger partial charge in [-0.2, -0.15) is 0 Å². The Morgan fingerprint density at radius 3 is 3.00 bits per heavy atom. The molecule has 1 aliphatic heterocycles. The predicted octanol–water partition coefficient (Wildman–Crippen LogP) is 1.74. The molecule has 2 rings (SSSR count). The lowest BCUT2D eigenvalue weighted by molar-refractivity contribution is 0.222. The molecule has 3 unspecified atom stereocenters. The summed E-state index contributed by atoms with van der Waals surface area (Å²) in [6.07, 6.45) is 3.92. The van der Waals surface area contributed by atoms with Crippen LogP contribution in [0.5, 0.6) is 5.75 Å². The Labute approximate surface area is 111 Å². The van der Waals surface area contributed by atoms with Gasteiger partial charge in [-0.3, -0.25) is 4.21 Å². The Morgan fingerprint density at radius 1 is 1.50 bits per heavy atom. The Bertz CT molecular complexity index is 397. The van der Waals surface area contributed by atoms with E-state index < -0.39 is 10.8 Å². The van der Waals surface area contributed by atoms with Gasteiger partial charge >= 0.3 is 0 Å². The van der Waals surface area contributed by atoms with Gasteiger partial charge in [-0.15, -0.1) is 0 Å². The van der Waals surface area contributed by atoms with Crippen molar-refractivity contribution in [1.82, 2.24) is 5.32 Å². The van der Waals surface area contributed by atoms with Gasteiger partial charge in [0, 0.05) is 41.8 Å². The second kappa shape index (κ2) is 6.34. The summed E-state index contributed by atoms with van der Waals surface area (Å²) in [7, 11) is -0.695. The van der Waals surface area contributed by atoms with Gasteiger partial charge in [0.25, 0.3) is 0 Å². The Hall–Kier alpha value is -0.870. The number of hydrogen-bond acceptors (Lipinski definition) is 3. The highest BCUT2D eigenvalue weighted by atomic mass is 32.2. The van der Waals surface area contributed by atoms with Crippen molar-refractivity contribution >= 4 is 10.8 Å². The second-order valence-electron chi connectivity index (χ2n) is 4.93. The van der Waals surface area contributed by atoms with Crippen molar-refractivity contribution in [3.05, 3.63) is 29.8 Å². The minimum absolute atomic E-state index is 0.233. The standard InChI is InChI=1S/C14H21NO2S/c1-11(7-8-18(2)16)15-10-13-9-12-5-3-4-6-14(12)17-13/h3-6,11,13,15H,7-10H2,1-2H3. The minimum Gasteiger partial charge on any atom is -0.488 e. The van der Waals surface area contributed by atoms with E-state index in [1.165, 1.54) is 5.56 Å². The van der Waals surface area contributed by atoms with Crippen LogP contribution in [0.25, 0.3) is 0 Å². The van der Waals surface area contributed by atoms with E-state index >= 15 is 0 Å². The lowest BCUT2D eigenvalue weighted by Gasteiger charge is -2.16. The fourth-order valence-electron chi connectivity index (χ4n) is 2.15. The van der Waals surface area contributed by atoms with Crippen molar-refractivity contribution in [3.63, 3.8) is 0 Å². The molecule has 1 aliphatic rings. The van der Waals surface area contributed by atoms with Crippen molar-refractivity contribution in [2.24, 2.45) is 0 Å². The van der Waals surface area contributed by atoms with Crippen LogP contribution in [0.15, 0.2) is 24.3 Å². The summed E-state index contributed by atoms with van der Waals surface area (Å²) in [6, 6.07) is 8.60. The van der Waals surface area contributed by atoms with Crippen molar-refractivity contribution in [3.8, 4) is 5.75 Å². The largest absolute Gasteiger partial charge is 0.488 e. The summed E-state index contributed by atoms with van der Waals surface area (Å²) in [5.41, 5.74) is 1.30. The molecule has 0 amide bonds. The second-order valence-corrected chi connectivity index (χ2v) is 6.48. The van der Waals surface area contributed by atoms with Gasteiger partial charge < -0.3 is 10.1 Å². The Kier molecular flexibility index (Phi) is 4.78. The first-order valence-corrected chi connectivity index (χ1v) is 8.16. The highest BCUT2D eigenvalue weighted by Gasteiger charge is 2.22. The van der Waals surface area contributed by atoms with Gasteiger partial charge in [-0.05, 0) is 25.0 Å². The topological polar surface area (TPSA) is 38.3 Å². The van der Waals surface area contributed by atoms with E-state index in [9.17, 15) is 4.21 Å². The van der Waals surface area contributed by atoms with E-state index in [0.717, 1.165) is 30.9 Å². The van der Waals surface area contributed by atoms with E-state index in [2.05, 4.69) is 24.4 Å². The molecule has 0 radical (unpaired) electrons. The molecule has 100 valence electrons. The van der Waals surface area contributed by atoms with Crippen molar-refractivity contribution in [2.75, 3.05) is 18.6 Å². The van der Waals surface area contributed by atoms with Gasteiger partial charge in [0.2, 0.25) is 0 Å². The molecular formula is C14H21NO2S. The summed E-state index contributed by atoms with van der Waals surface area (Å²) in [4.78, 5) is 0. The molecule has 0 saturated heterocycles. The smallest absolute Gasteiger partial charge is 0.123 e. The molecule has 4 heteroatoms. The monoisotopic (exact) mass is 267 g/mol. The molecule has 0 spiro atoms. The van der Waals surface area contributed by atoms with Crippen molar-refractivity contribution in [1.29, 1.82) is 0 Å². The highest BCUT2D eigenvalue weighted by molar-refractivity contribution is 7.84. The average molecular weight is 267 g/mol. The van der Waals surface area contributed by atoms with Gasteiger partial charge in [0.15, 0.2) is 0 Å². The van der Waals surface area contributed by atoms with Gasteiger partial charge in [-0.25, -0.2) is 0 Å². The van der Waals surface area contributed by atoms with Crippen LogP contribution in [0.3, 0.4) is 0 Å². The average Bonchev–Trinajstić information content (AvgIpc) is 2.76. The van der Waals surface area contributed by atoms with Crippen LogP contribution in [0, 0.1) is 0 Å². The molecule has 18 heavy (non-hydrogen) atoms. The molecule has 0 aromatic heterocycles. The maximum atomic E-state index is 11.0. The van der Waals surface area contributed by atoms with Crippen molar-refractivity contribution in [2.45, 2.75) is 31.9 Å². The molecule has 1 heterocycles. The number of rotatable bonds is 6. The highest BCUT2D eigenvalue weighted by Crippen LogP contribution is 2.27. The number of benzene rings is 1. The summed E-state index contributed by atoms with van der Waals surface area (Å²) < 4.78 is 16.9. The molecule has 1 N–H and O–H groups in total. The van der Waals surface area contributed by atoms with E-state index in [1.807, 2.05) is 12.1 Å². The van der Waals surface area contributed by atoms with Crippen LogP contribution in [-0.2, 0) is 17.2 Å². The lowest BCUT2D eigenvalue weighted by Crippen LogP contribution is -2.36. The van der Waals surface area contributed by atoms with Crippen LogP contribution >= 0.6 is 0 Å². The number of fused-ring (bicyclic) bond motifs is 1. The zero-order valence-corrected chi connectivity index (χ0v) is 11.8. The molecule has 0 bridgehead atoms. The first-order valence-electron chi connectivity index (χ1n) is 6.43. The van der Waals surface area contributed by atoms with Gasteiger partial charge in [0.1, 0.15) is 11.9 Å². The normalized spacial score (nSPS) is 21.1. The summed E-state index contributed by atoms with van der Waals surface area (Å²) in [6.45, 7) is 2.99. The summed E-state index contributed by atoms with van der Waals surface area (Å²) in [5.74, 6) is 1.78. The molecule has 1 aromatic carbocycles. The van der Waals surface area contributed by atoms with Gasteiger partial charge in [0.05, 0.1) is 0 Å². The first kappa shape index (κ1) is 13.6. The number of hydrogen-bond donors (Lipinski definition) is 1. The van der Waals surface area contributed by atoms with Crippen LogP contribution < -0.4 is 10.1 Å². The molecule has 0 saturated carbocycles. The van der Waals surface area contributed by atoms with E-state index in [4.69, 9.17) is 4.74 Å². The van der Waals surface area contributed by atoms with Crippen molar-refractivity contribution < 1.29 is 8.95 Å². The van der Waals surface area contributed by atoms with E-state index in [-0.39, 0.29) is 6.10 Å². The number of ether oxygens (including phenoxy) is 1. The third-order valence-corrected chi connectivity index (χ3v) is 4.06.